The van der Waals surface area contributed by atoms with Gasteiger partial charge in [0.05, 0.1) is 0 Å². The molecule has 3 rings (SSSR count). The topological polar surface area (TPSA) is 15.7 Å². The van der Waals surface area contributed by atoms with Crippen molar-refractivity contribution in [2.45, 2.75) is 51.1 Å². The molecule has 0 unspecified atom stereocenters. The molecule has 0 amide bonds. The maximum absolute atomic E-state index is 5.13. The van der Waals surface area contributed by atoms with Gasteiger partial charge in [-0.05, 0) is 57.2 Å². The van der Waals surface area contributed by atoms with E-state index in [4.69, 9.17) is 4.74 Å². The third-order valence-corrected chi connectivity index (χ3v) is 5.27. The molecule has 122 valence electrons. The third-order valence-electron chi connectivity index (χ3n) is 5.27. The van der Waals surface area contributed by atoms with Crippen LogP contribution in [0.15, 0.2) is 24.3 Å². The minimum atomic E-state index is 0.476. The van der Waals surface area contributed by atoms with Crippen LogP contribution in [0.5, 0.6) is 0 Å². The first-order valence-corrected chi connectivity index (χ1v) is 8.74. The van der Waals surface area contributed by atoms with Gasteiger partial charge in [-0.1, -0.05) is 12.1 Å². The fourth-order valence-electron chi connectivity index (χ4n) is 3.90. The lowest BCUT2D eigenvalue weighted by Gasteiger charge is -2.45. The quantitative estimate of drug-likeness (QED) is 0.750. The molecule has 2 aliphatic rings. The van der Waals surface area contributed by atoms with E-state index in [1.807, 2.05) is 0 Å². The molecule has 1 spiro atoms. The van der Waals surface area contributed by atoms with Gasteiger partial charge in [-0.15, -0.1) is 0 Å². The van der Waals surface area contributed by atoms with Crippen LogP contribution in [0, 0.1) is 0 Å². The van der Waals surface area contributed by atoms with E-state index in [0.29, 0.717) is 11.6 Å². The highest BCUT2D eigenvalue weighted by Gasteiger charge is 2.51. The van der Waals surface area contributed by atoms with Crippen LogP contribution < -0.4 is 4.90 Å². The summed E-state index contributed by atoms with van der Waals surface area (Å²) in [5.41, 5.74) is 3.29. The molecule has 1 heterocycles. The van der Waals surface area contributed by atoms with Crippen LogP contribution in [-0.4, -0.2) is 49.8 Å². The summed E-state index contributed by atoms with van der Waals surface area (Å²) in [6.45, 7) is 9.08. The summed E-state index contributed by atoms with van der Waals surface area (Å²) in [4.78, 5) is 5.31. The first-order valence-electron chi connectivity index (χ1n) is 8.74. The van der Waals surface area contributed by atoms with Crippen LogP contribution in [0.1, 0.15) is 38.7 Å². The van der Waals surface area contributed by atoms with Crippen molar-refractivity contribution < 1.29 is 4.74 Å². The average molecular weight is 302 g/mol. The molecule has 22 heavy (non-hydrogen) atoms. The summed E-state index contributed by atoms with van der Waals surface area (Å²) in [5, 5.41) is 0. The van der Waals surface area contributed by atoms with Gasteiger partial charge in [-0.2, -0.15) is 0 Å². The Hall–Kier alpha value is -1.06. The maximum Gasteiger partial charge on any atom is 0.0465 e. The molecule has 1 saturated carbocycles. The normalized spacial score (nSPS) is 20.8. The van der Waals surface area contributed by atoms with Crippen molar-refractivity contribution in [3.05, 3.63) is 29.8 Å². The molecule has 0 bridgehead atoms. The van der Waals surface area contributed by atoms with Gasteiger partial charge in [0.25, 0.3) is 0 Å². The number of piperazine rings is 1. The highest BCUT2D eigenvalue weighted by molar-refractivity contribution is 5.49. The van der Waals surface area contributed by atoms with Crippen molar-refractivity contribution in [3.8, 4) is 0 Å². The van der Waals surface area contributed by atoms with E-state index < -0.39 is 0 Å². The van der Waals surface area contributed by atoms with Gasteiger partial charge in [-0.25, -0.2) is 0 Å². The Morgan fingerprint density at radius 2 is 1.86 bits per heavy atom. The Balaban J connectivity index is 1.61. The Bertz CT molecular complexity index is 479. The van der Waals surface area contributed by atoms with Crippen molar-refractivity contribution >= 4 is 5.69 Å². The average Bonchev–Trinajstić information content (AvgIpc) is 3.27. The van der Waals surface area contributed by atoms with Crippen LogP contribution in [0.4, 0.5) is 5.69 Å². The molecule has 0 aromatic heterocycles. The molecule has 1 aliphatic heterocycles. The molecule has 1 aromatic rings. The number of anilines is 1. The number of nitrogens with zero attached hydrogens (tertiary/aromatic N) is 2. The van der Waals surface area contributed by atoms with Crippen LogP contribution in [0.2, 0.25) is 0 Å². The zero-order valence-corrected chi connectivity index (χ0v) is 14.3. The Morgan fingerprint density at radius 3 is 2.45 bits per heavy atom. The summed E-state index contributed by atoms with van der Waals surface area (Å²) in [7, 11) is 1.77. The van der Waals surface area contributed by atoms with Crippen molar-refractivity contribution in [1.29, 1.82) is 0 Å². The molecule has 3 nitrogen and oxygen atoms in total. The number of hydrogen-bond donors (Lipinski definition) is 0. The van der Waals surface area contributed by atoms with E-state index in [0.717, 1.165) is 26.0 Å². The molecule has 0 radical (unpaired) electrons. The summed E-state index contributed by atoms with van der Waals surface area (Å²) in [6.07, 6.45) is 4.96. The molecule has 2 fully saturated rings. The summed E-state index contributed by atoms with van der Waals surface area (Å²) < 4.78 is 5.13. The third kappa shape index (κ3) is 3.31. The highest BCUT2D eigenvalue weighted by atomic mass is 16.5. The van der Waals surface area contributed by atoms with Gasteiger partial charge >= 0.3 is 0 Å². The molecular weight excluding hydrogens is 272 g/mol. The molecule has 0 N–H and O–H groups in total. The highest BCUT2D eigenvalue weighted by Crippen LogP contribution is 2.45. The van der Waals surface area contributed by atoms with E-state index in [9.17, 15) is 0 Å². The predicted molar refractivity (Wildman–Crippen MR) is 92.7 cm³/mol. The molecule has 1 aromatic carbocycles. The number of rotatable bonds is 6. The van der Waals surface area contributed by atoms with Crippen LogP contribution >= 0.6 is 0 Å². The second-order valence-corrected chi connectivity index (χ2v) is 7.20. The number of methoxy groups -OCH3 is 1. The zero-order valence-electron chi connectivity index (χ0n) is 14.3. The van der Waals surface area contributed by atoms with Gasteiger partial charge in [0.1, 0.15) is 0 Å². The number of benzene rings is 1. The van der Waals surface area contributed by atoms with Gasteiger partial charge < -0.3 is 9.64 Å². The molecule has 1 aliphatic carbocycles. The predicted octanol–water partition coefficient (Wildman–Crippen LogP) is 3.33. The monoisotopic (exact) mass is 302 g/mol. The Labute approximate surface area is 135 Å². The van der Waals surface area contributed by atoms with Gasteiger partial charge in [0, 0.05) is 50.6 Å². The minimum Gasteiger partial charge on any atom is -0.385 e. The van der Waals surface area contributed by atoms with E-state index in [2.05, 4.69) is 47.9 Å². The SMILES string of the molecule is COCCCc1ccc(N2CCN(C(C)C)C3(CC3)C2)cc1. The lowest BCUT2D eigenvalue weighted by atomic mass is 10.1. The van der Waals surface area contributed by atoms with E-state index in [1.165, 1.54) is 37.2 Å². The first-order chi connectivity index (χ1) is 10.6. The second kappa shape index (κ2) is 6.59. The fraction of sp³-hybridized carbons (Fsp3) is 0.684. The van der Waals surface area contributed by atoms with Crippen LogP contribution in [-0.2, 0) is 11.2 Å². The smallest absolute Gasteiger partial charge is 0.0465 e. The largest absolute Gasteiger partial charge is 0.385 e. The second-order valence-electron chi connectivity index (χ2n) is 7.20. The lowest BCUT2D eigenvalue weighted by Crippen LogP contribution is -2.57. The number of hydrogen-bond acceptors (Lipinski definition) is 3. The fourth-order valence-corrected chi connectivity index (χ4v) is 3.90. The van der Waals surface area contributed by atoms with Crippen molar-refractivity contribution in [1.82, 2.24) is 4.90 Å². The zero-order chi connectivity index (χ0) is 15.6. The standard InChI is InChI=1S/C19H30N2O/c1-16(2)21-13-12-20(15-19(21)10-11-19)18-8-6-17(7-9-18)5-4-14-22-3/h6-9,16H,4-5,10-15H2,1-3H3. The summed E-state index contributed by atoms with van der Waals surface area (Å²) in [6, 6.07) is 9.87. The van der Waals surface area contributed by atoms with Crippen molar-refractivity contribution in [2.24, 2.45) is 0 Å². The van der Waals surface area contributed by atoms with E-state index in [1.54, 1.807) is 7.11 Å². The minimum absolute atomic E-state index is 0.476. The summed E-state index contributed by atoms with van der Waals surface area (Å²) >= 11 is 0. The number of ether oxygens (including phenoxy) is 1. The lowest BCUT2D eigenvalue weighted by molar-refractivity contribution is 0.119. The van der Waals surface area contributed by atoms with Gasteiger partial charge in [0.15, 0.2) is 0 Å². The van der Waals surface area contributed by atoms with Crippen molar-refractivity contribution in [3.63, 3.8) is 0 Å². The van der Waals surface area contributed by atoms with E-state index >= 15 is 0 Å². The Kier molecular flexibility index (Phi) is 4.74. The molecular formula is C19H30N2O. The van der Waals surface area contributed by atoms with E-state index in [-0.39, 0.29) is 0 Å². The number of aryl methyl sites for hydroxylation is 1. The Morgan fingerprint density at radius 1 is 1.14 bits per heavy atom. The van der Waals surface area contributed by atoms with Gasteiger partial charge in [-0.3, -0.25) is 4.90 Å². The van der Waals surface area contributed by atoms with Crippen molar-refractivity contribution in [2.75, 3.05) is 38.3 Å². The first kappa shape index (κ1) is 15.8. The molecule has 1 saturated heterocycles. The van der Waals surface area contributed by atoms with Gasteiger partial charge in [0.2, 0.25) is 0 Å². The van der Waals surface area contributed by atoms with Crippen LogP contribution in [0.3, 0.4) is 0 Å². The summed E-state index contributed by atoms with van der Waals surface area (Å²) in [5.74, 6) is 0. The maximum atomic E-state index is 5.13. The molecule has 3 heteroatoms. The molecule has 0 atom stereocenters. The van der Waals surface area contributed by atoms with Crippen LogP contribution in [0.25, 0.3) is 0 Å².